The number of hydrogen-bond donors (Lipinski definition) is 2. The van der Waals surface area contributed by atoms with E-state index in [9.17, 15) is 0 Å². The maximum absolute atomic E-state index is 5.19. The molecule has 9 heavy (non-hydrogen) atoms. The number of rotatable bonds is 4. The topological polar surface area (TPSA) is 38.0 Å². The molecule has 0 spiro atoms. The van der Waals surface area contributed by atoms with E-state index in [0.717, 1.165) is 5.75 Å². The van der Waals surface area contributed by atoms with Crippen LogP contribution in [0.1, 0.15) is 20.8 Å². The summed E-state index contributed by atoms with van der Waals surface area (Å²) in [4.78, 5) is 0. The monoisotopic (exact) mass is 148 g/mol. The molecule has 0 aromatic carbocycles. The van der Waals surface area contributed by atoms with Crippen molar-refractivity contribution in [3.8, 4) is 0 Å². The van der Waals surface area contributed by atoms with Gasteiger partial charge in [-0.05, 0) is 12.2 Å². The number of hydrazine groups is 1. The molecule has 2 nitrogen and oxygen atoms in total. The third-order valence-electron chi connectivity index (χ3n) is 0.964. The number of thioether (sulfide) groups is 1. The third-order valence-corrected chi connectivity index (χ3v) is 2.32. The lowest BCUT2D eigenvalue weighted by molar-refractivity contribution is 0.625. The Bertz CT molecular complexity index is 66.1. The Kier molecular flexibility index (Phi) is 5.24. The summed E-state index contributed by atoms with van der Waals surface area (Å²) >= 11 is 1.92. The van der Waals surface area contributed by atoms with Gasteiger partial charge in [-0.3, -0.25) is 11.3 Å². The zero-order chi connectivity index (χ0) is 7.28. The average Bonchev–Trinajstić information content (AvgIpc) is 1.83. The van der Waals surface area contributed by atoms with Crippen molar-refractivity contribution in [1.82, 2.24) is 5.43 Å². The molecule has 0 bridgehead atoms. The molecule has 0 aromatic heterocycles. The summed E-state index contributed by atoms with van der Waals surface area (Å²) < 4.78 is 0. The van der Waals surface area contributed by atoms with Crippen LogP contribution in [0.15, 0.2) is 0 Å². The average molecular weight is 148 g/mol. The number of nitrogens with two attached hydrogens (primary N) is 1. The molecule has 0 saturated carbocycles. The van der Waals surface area contributed by atoms with Crippen LogP contribution >= 0.6 is 11.8 Å². The quantitative estimate of drug-likeness (QED) is 0.461. The van der Waals surface area contributed by atoms with Crippen molar-refractivity contribution in [2.45, 2.75) is 32.1 Å². The van der Waals surface area contributed by atoms with E-state index in [1.54, 1.807) is 0 Å². The van der Waals surface area contributed by atoms with Gasteiger partial charge in [-0.2, -0.15) is 11.8 Å². The van der Waals surface area contributed by atoms with E-state index in [1.807, 2.05) is 11.8 Å². The van der Waals surface area contributed by atoms with Crippen molar-refractivity contribution in [1.29, 1.82) is 0 Å². The Morgan fingerprint density at radius 3 is 2.33 bits per heavy atom. The van der Waals surface area contributed by atoms with Gasteiger partial charge in [-0.25, -0.2) is 0 Å². The molecule has 0 saturated heterocycles. The molecule has 3 heteroatoms. The molecule has 1 unspecified atom stereocenters. The Morgan fingerprint density at radius 1 is 1.44 bits per heavy atom. The highest BCUT2D eigenvalue weighted by atomic mass is 32.2. The minimum absolute atomic E-state index is 0.428. The highest BCUT2D eigenvalue weighted by molar-refractivity contribution is 7.99. The van der Waals surface area contributed by atoms with Crippen LogP contribution in [-0.2, 0) is 0 Å². The van der Waals surface area contributed by atoms with Crippen molar-refractivity contribution in [3.63, 3.8) is 0 Å². The fourth-order valence-corrected chi connectivity index (χ4v) is 1.15. The Labute approximate surface area is 61.5 Å². The van der Waals surface area contributed by atoms with E-state index >= 15 is 0 Å². The van der Waals surface area contributed by atoms with E-state index in [1.165, 1.54) is 0 Å². The normalized spacial score (nSPS) is 14.3. The van der Waals surface area contributed by atoms with Gasteiger partial charge in [0, 0.05) is 11.8 Å². The molecule has 0 aliphatic rings. The van der Waals surface area contributed by atoms with Gasteiger partial charge in [-0.15, -0.1) is 0 Å². The van der Waals surface area contributed by atoms with E-state index in [0.29, 0.717) is 11.3 Å². The molecule has 0 radical (unpaired) electrons. The first-order chi connectivity index (χ1) is 4.16. The molecule has 0 aromatic rings. The van der Waals surface area contributed by atoms with Gasteiger partial charge in [-0.1, -0.05) is 13.8 Å². The second kappa shape index (κ2) is 5.09. The van der Waals surface area contributed by atoms with Crippen molar-refractivity contribution in [3.05, 3.63) is 0 Å². The van der Waals surface area contributed by atoms with Gasteiger partial charge in [0.15, 0.2) is 0 Å². The summed E-state index contributed by atoms with van der Waals surface area (Å²) in [7, 11) is 0. The lowest BCUT2D eigenvalue weighted by Crippen LogP contribution is -2.34. The molecule has 0 aliphatic heterocycles. The molecule has 0 aliphatic carbocycles. The molecule has 0 rings (SSSR count). The van der Waals surface area contributed by atoms with Crippen LogP contribution in [-0.4, -0.2) is 17.0 Å². The summed E-state index contributed by atoms with van der Waals surface area (Å²) in [6, 6.07) is 0.428. The molecular weight excluding hydrogens is 132 g/mol. The van der Waals surface area contributed by atoms with Crippen molar-refractivity contribution in [2.24, 2.45) is 5.84 Å². The van der Waals surface area contributed by atoms with Crippen LogP contribution in [0.5, 0.6) is 0 Å². The van der Waals surface area contributed by atoms with Gasteiger partial charge in [0.1, 0.15) is 0 Å². The predicted molar refractivity (Wildman–Crippen MR) is 44.4 cm³/mol. The molecule has 0 amide bonds. The summed E-state index contributed by atoms with van der Waals surface area (Å²) in [5, 5.41) is 0.709. The highest BCUT2D eigenvalue weighted by Gasteiger charge is 1.99. The van der Waals surface area contributed by atoms with Crippen LogP contribution in [0, 0.1) is 0 Å². The zero-order valence-electron chi connectivity index (χ0n) is 6.35. The largest absolute Gasteiger partial charge is 0.271 e. The van der Waals surface area contributed by atoms with Crippen LogP contribution < -0.4 is 11.3 Å². The van der Waals surface area contributed by atoms with Gasteiger partial charge in [0.25, 0.3) is 0 Å². The summed E-state index contributed by atoms with van der Waals surface area (Å²) in [5.41, 5.74) is 2.70. The van der Waals surface area contributed by atoms with Crippen LogP contribution in [0.2, 0.25) is 0 Å². The number of nitrogens with one attached hydrogen (secondary N) is 1. The smallest absolute Gasteiger partial charge is 0.0272 e. The van der Waals surface area contributed by atoms with E-state index < -0.39 is 0 Å². The van der Waals surface area contributed by atoms with Crippen molar-refractivity contribution < 1.29 is 0 Å². The Morgan fingerprint density at radius 2 is 2.00 bits per heavy atom. The minimum Gasteiger partial charge on any atom is -0.271 e. The maximum Gasteiger partial charge on any atom is 0.0272 e. The molecule has 56 valence electrons. The maximum atomic E-state index is 5.19. The summed E-state index contributed by atoms with van der Waals surface area (Å²) in [6.07, 6.45) is 0. The lowest BCUT2D eigenvalue weighted by atomic mass is 10.4. The first-order valence-electron chi connectivity index (χ1n) is 3.24. The summed E-state index contributed by atoms with van der Waals surface area (Å²) in [5.74, 6) is 6.29. The van der Waals surface area contributed by atoms with E-state index in [-0.39, 0.29) is 0 Å². The predicted octanol–water partition coefficient (Wildman–Crippen LogP) is 0.980. The minimum atomic E-state index is 0.428. The standard InChI is InChI=1S/C6H16N2S/c1-5(2)9-4-6(3)8-7/h5-6,8H,4,7H2,1-3H3. The first kappa shape index (κ1) is 9.27. The highest BCUT2D eigenvalue weighted by Crippen LogP contribution is 2.09. The first-order valence-corrected chi connectivity index (χ1v) is 4.29. The van der Waals surface area contributed by atoms with E-state index in [4.69, 9.17) is 5.84 Å². The Balaban J connectivity index is 3.06. The van der Waals surface area contributed by atoms with Gasteiger partial charge >= 0.3 is 0 Å². The second-order valence-electron chi connectivity index (χ2n) is 2.45. The third kappa shape index (κ3) is 6.15. The fourth-order valence-electron chi connectivity index (χ4n) is 0.385. The number of hydrogen-bond acceptors (Lipinski definition) is 3. The van der Waals surface area contributed by atoms with Gasteiger partial charge < -0.3 is 0 Å². The zero-order valence-corrected chi connectivity index (χ0v) is 7.16. The SMILES string of the molecule is CC(CSC(C)C)NN. The fraction of sp³-hybridized carbons (Fsp3) is 1.00. The van der Waals surface area contributed by atoms with Crippen molar-refractivity contribution in [2.75, 3.05) is 5.75 Å². The molecule has 0 heterocycles. The van der Waals surface area contributed by atoms with Crippen molar-refractivity contribution >= 4 is 11.8 Å². The molecule has 0 fully saturated rings. The molecular formula is C6H16N2S. The van der Waals surface area contributed by atoms with Crippen LogP contribution in [0.25, 0.3) is 0 Å². The second-order valence-corrected chi connectivity index (χ2v) is 4.06. The van der Waals surface area contributed by atoms with E-state index in [2.05, 4.69) is 26.2 Å². The molecule has 3 N–H and O–H groups in total. The van der Waals surface area contributed by atoms with Crippen LogP contribution in [0.4, 0.5) is 0 Å². The van der Waals surface area contributed by atoms with Crippen LogP contribution in [0.3, 0.4) is 0 Å². The Hall–Kier alpha value is 0.270. The summed E-state index contributed by atoms with van der Waals surface area (Å²) in [6.45, 7) is 6.46. The lowest BCUT2D eigenvalue weighted by Gasteiger charge is -2.10. The van der Waals surface area contributed by atoms with Gasteiger partial charge in [0.05, 0.1) is 0 Å². The molecule has 1 atom stereocenters. The van der Waals surface area contributed by atoms with Gasteiger partial charge in [0.2, 0.25) is 0 Å².